The molecule has 0 unspecified atom stereocenters. The number of aromatic nitrogens is 3. The first kappa shape index (κ1) is 17.5. The molecule has 0 fully saturated rings. The largest absolute Gasteiger partial charge is 0.353 e. The summed E-state index contributed by atoms with van der Waals surface area (Å²) in [4.78, 5) is 24.7. The fourth-order valence-corrected chi connectivity index (χ4v) is 3.64. The molecular weight excluding hydrogens is 347 g/mol. The van der Waals surface area contributed by atoms with Gasteiger partial charge in [-0.15, -0.1) is 0 Å². The maximum atomic E-state index is 13.4. The van der Waals surface area contributed by atoms with Crippen molar-refractivity contribution in [3.05, 3.63) is 64.0 Å². The summed E-state index contributed by atoms with van der Waals surface area (Å²) in [7, 11) is 0. The zero-order valence-corrected chi connectivity index (χ0v) is 14.9. The third kappa shape index (κ3) is 3.63. The van der Waals surface area contributed by atoms with E-state index in [4.69, 9.17) is 0 Å². The molecule has 2 heterocycles. The third-order valence-electron chi connectivity index (χ3n) is 5.06. The van der Waals surface area contributed by atoms with Crippen molar-refractivity contribution in [2.24, 2.45) is 0 Å². The molecule has 27 heavy (non-hydrogen) atoms. The highest BCUT2D eigenvalue weighted by atomic mass is 19.1. The SMILES string of the molecule is O=C(Cn1ncc2c(c1=O)CCCC2)NCCn1ccc2ccc(F)cc21. The molecule has 3 aromatic rings. The van der Waals surface area contributed by atoms with Gasteiger partial charge in [0.1, 0.15) is 12.4 Å². The second-order valence-corrected chi connectivity index (χ2v) is 6.88. The quantitative estimate of drug-likeness (QED) is 0.749. The van der Waals surface area contributed by atoms with Crippen molar-refractivity contribution in [2.45, 2.75) is 38.8 Å². The van der Waals surface area contributed by atoms with Gasteiger partial charge in [0.15, 0.2) is 0 Å². The van der Waals surface area contributed by atoms with Gasteiger partial charge in [0.05, 0.1) is 11.7 Å². The van der Waals surface area contributed by atoms with E-state index < -0.39 is 0 Å². The first-order valence-electron chi connectivity index (χ1n) is 9.21. The van der Waals surface area contributed by atoms with E-state index in [0.29, 0.717) is 13.1 Å². The summed E-state index contributed by atoms with van der Waals surface area (Å²) >= 11 is 0. The van der Waals surface area contributed by atoms with Crippen LogP contribution in [-0.2, 0) is 30.7 Å². The molecule has 1 N–H and O–H groups in total. The Bertz CT molecular complexity index is 1050. The van der Waals surface area contributed by atoms with Crippen molar-refractivity contribution >= 4 is 16.8 Å². The van der Waals surface area contributed by atoms with Gasteiger partial charge in [0, 0.05) is 24.8 Å². The Balaban J connectivity index is 1.37. The summed E-state index contributed by atoms with van der Waals surface area (Å²) in [5, 5.41) is 7.89. The Morgan fingerprint density at radius 1 is 1.22 bits per heavy atom. The Kier molecular flexibility index (Phi) is 4.75. The molecule has 0 saturated carbocycles. The van der Waals surface area contributed by atoms with Gasteiger partial charge in [0.2, 0.25) is 5.91 Å². The highest BCUT2D eigenvalue weighted by molar-refractivity contribution is 5.80. The Morgan fingerprint density at radius 2 is 2.07 bits per heavy atom. The minimum Gasteiger partial charge on any atom is -0.353 e. The van der Waals surface area contributed by atoms with E-state index >= 15 is 0 Å². The number of nitrogens with zero attached hydrogens (tertiary/aromatic N) is 3. The highest BCUT2D eigenvalue weighted by Crippen LogP contribution is 2.17. The van der Waals surface area contributed by atoms with Crippen LogP contribution in [0.3, 0.4) is 0 Å². The lowest BCUT2D eigenvalue weighted by atomic mass is 9.94. The van der Waals surface area contributed by atoms with E-state index in [1.165, 1.54) is 16.8 Å². The Hall–Kier alpha value is -2.96. The second kappa shape index (κ2) is 7.34. The van der Waals surface area contributed by atoms with Crippen LogP contribution in [0.15, 0.2) is 41.5 Å². The van der Waals surface area contributed by atoms with Crippen LogP contribution in [-0.4, -0.2) is 26.8 Å². The number of nitrogens with one attached hydrogen (secondary N) is 1. The van der Waals surface area contributed by atoms with E-state index in [9.17, 15) is 14.0 Å². The Morgan fingerprint density at radius 3 is 2.96 bits per heavy atom. The van der Waals surface area contributed by atoms with E-state index in [-0.39, 0.29) is 23.8 Å². The highest BCUT2D eigenvalue weighted by Gasteiger charge is 2.16. The molecule has 1 amide bonds. The molecular formula is C20H21FN4O2. The minimum absolute atomic E-state index is 0.0901. The first-order chi connectivity index (χ1) is 13.1. The molecule has 1 aliphatic rings. The molecule has 1 aliphatic carbocycles. The number of aryl methyl sites for hydroxylation is 1. The fraction of sp³-hybridized carbons (Fsp3) is 0.350. The summed E-state index contributed by atoms with van der Waals surface area (Å²) in [5.74, 6) is -0.549. The van der Waals surface area contributed by atoms with E-state index in [0.717, 1.165) is 47.7 Å². The van der Waals surface area contributed by atoms with Gasteiger partial charge in [-0.05, 0) is 60.9 Å². The molecule has 0 atom stereocenters. The van der Waals surface area contributed by atoms with Crippen LogP contribution < -0.4 is 10.9 Å². The van der Waals surface area contributed by atoms with Crippen LogP contribution in [0.4, 0.5) is 4.39 Å². The van der Waals surface area contributed by atoms with Crippen LogP contribution in [0.5, 0.6) is 0 Å². The summed E-state index contributed by atoms with van der Waals surface area (Å²) in [6, 6.07) is 6.55. The van der Waals surface area contributed by atoms with Crippen LogP contribution in [0.1, 0.15) is 24.0 Å². The molecule has 0 saturated heterocycles. The zero-order chi connectivity index (χ0) is 18.8. The van der Waals surface area contributed by atoms with Gasteiger partial charge < -0.3 is 9.88 Å². The molecule has 2 aromatic heterocycles. The van der Waals surface area contributed by atoms with Gasteiger partial charge in [-0.25, -0.2) is 9.07 Å². The number of carbonyl (C=O) groups excluding carboxylic acids is 1. The van der Waals surface area contributed by atoms with Crippen LogP contribution >= 0.6 is 0 Å². The number of benzene rings is 1. The molecule has 0 spiro atoms. The predicted molar refractivity (Wildman–Crippen MR) is 100 cm³/mol. The minimum atomic E-state index is -0.288. The van der Waals surface area contributed by atoms with Gasteiger partial charge >= 0.3 is 0 Å². The van der Waals surface area contributed by atoms with Crippen molar-refractivity contribution in [3.8, 4) is 0 Å². The molecule has 4 rings (SSSR count). The molecule has 0 bridgehead atoms. The van der Waals surface area contributed by atoms with E-state index in [1.807, 2.05) is 16.8 Å². The zero-order valence-electron chi connectivity index (χ0n) is 14.9. The maximum Gasteiger partial charge on any atom is 0.270 e. The lowest BCUT2D eigenvalue weighted by Crippen LogP contribution is -2.37. The number of hydrogen-bond donors (Lipinski definition) is 1. The second-order valence-electron chi connectivity index (χ2n) is 6.88. The molecule has 0 aliphatic heterocycles. The van der Waals surface area contributed by atoms with Crippen molar-refractivity contribution in [1.29, 1.82) is 0 Å². The maximum absolute atomic E-state index is 13.4. The van der Waals surface area contributed by atoms with Crippen molar-refractivity contribution < 1.29 is 9.18 Å². The smallest absolute Gasteiger partial charge is 0.270 e. The van der Waals surface area contributed by atoms with Crippen molar-refractivity contribution in [2.75, 3.05) is 6.54 Å². The Labute approximate surface area is 155 Å². The number of amides is 1. The normalized spacial score (nSPS) is 13.5. The summed E-state index contributed by atoms with van der Waals surface area (Å²) < 4.78 is 16.5. The third-order valence-corrected chi connectivity index (χ3v) is 5.06. The standard InChI is InChI=1S/C20H21FN4O2/c21-16-6-5-14-7-9-24(18(14)11-16)10-8-22-19(26)13-25-20(27)17-4-2-1-3-15(17)12-23-25/h5-7,9,11-12H,1-4,8,10,13H2,(H,22,26). The van der Waals surface area contributed by atoms with Crippen LogP contribution in [0.2, 0.25) is 0 Å². The molecule has 0 radical (unpaired) electrons. The van der Waals surface area contributed by atoms with Crippen molar-refractivity contribution in [1.82, 2.24) is 19.7 Å². The van der Waals surface area contributed by atoms with Gasteiger partial charge in [0.25, 0.3) is 5.56 Å². The summed E-state index contributed by atoms with van der Waals surface area (Å²) in [6.45, 7) is 0.817. The number of carbonyl (C=O) groups is 1. The monoisotopic (exact) mass is 368 g/mol. The molecule has 140 valence electrons. The number of fused-ring (bicyclic) bond motifs is 2. The van der Waals surface area contributed by atoms with Crippen LogP contribution in [0.25, 0.3) is 10.9 Å². The van der Waals surface area contributed by atoms with E-state index in [2.05, 4.69) is 10.4 Å². The van der Waals surface area contributed by atoms with Gasteiger partial charge in [-0.1, -0.05) is 0 Å². The number of rotatable bonds is 5. The first-order valence-corrected chi connectivity index (χ1v) is 9.21. The van der Waals surface area contributed by atoms with Gasteiger partial charge in [-0.2, -0.15) is 5.10 Å². The van der Waals surface area contributed by atoms with Crippen LogP contribution in [0, 0.1) is 5.82 Å². The lowest BCUT2D eigenvalue weighted by Gasteiger charge is -2.15. The number of hydrogen-bond acceptors (Lipinski definition) is 3. The summed E-state index contributed by atoms with van der Waals surface area (Å²) in [5.41, 5.74) is 2.44. The molecule has 1 aromatic carbocycles. The average Bonchev–Trinajstić information content (AvgIpc) is 3.06. The summed E-state index contributed by atoms with van der Waals surface area (Å²) in [6.07, 6.45) is 7.31. The van der Waals surface area contributed by atoms with Crippen molar-refractivity contribution in [3.63, 3.8) is 0 Å². The lowest BCUT2D eigenvalue weighted by molar-refractivity contribution is -0.121. The number of halogens is 1. The topological polar surface area (TPSA) is 68.9 Å². The fourth-order valence-electron chi connectivity index (χ4n) is 3.64. The van der Waals surface area contributed by atoms with E-state index in [1.54, 1.807) is 12.3 Å². The molecule has 6 nitrogen and oxygen atoms in total. The van der Waals surface area contributed by atoms with Gasteiger partial charge in [-0.3, -0.25) is 9.59 Å². The predicted octanol–water partition coefficient (Wildman–Crippen LogP) is 2.03. The average molecular weight is 368 g/mol. The molecule has 7 heteroatoms.